The lowest BCUT2D eigenvalue weighted by atomic mass is 9.72. The van der Waals surface area contributed by atoms with E-state index < -0.39 is 0 Å². The van der Waals surface area contributed by atoms with E-state index in [1.807, 2.05) is 0 Å². The summed E-state index contributed by atoms with van der Waals surface area (Å²) in [6.07, 6.45) is 6.32. The predicted octanol–water partition coefficient (Wildman–Crippen LogP) is 2.01. The first-order valence-corrected chi connectivity index (χ1v) is 4.85. The molecule has 1 heteroatoms. The fourth-order valence-electron chi connectivity index (χ4n) is 3.69. The van der Waals surface area contributed by atoms with E-state index >= 15 is 0 Å². The summed E-state index contributed by atoms with van der Waals surface area (Å²) in [5.41, 5.74) is 0. The summed E-state index contributed by atoms with van der Waals surface area (Å²) in [4.78, 5) is 11.5. The Morgan fingerprint density at radius 3 is 2.73 bits per heavy atom. The average Bonchev–Trinajstić information content (AvgIpc) is 2.19. The summed E-state index contributed by atoms with van der Waals surface area (Å²) in [6, 6.07) is 0. The van der Waals surface area contributed by atoms with Crippen LogP contribution >= 0.6 is 0 Å². The first kappa shape index (κ1) is 6.22. The Hall–Kier alpha value is -0.330. The van der Waals surface area contributed by atoms with Gasteiger partial charge < -0.3 is 0 Å². The number of fused-ring (bicyclic) bond motifs is 2. The van der Waals surface area contributed by atoms with Crippen LogP contribution in [0.3, 0.4) is 0 Å². The maximum absolute atomic E-state index is 11.5. The minimum absolute atomic E-state index is 0.513. The van der Waals surface area contributed by atoms with Crippen LogP contribution < -0.4 is 0 Å². The third kappa shape index (κ3) is 0.743. The van der Waals surface area contributed by atoms with Gasteiger partial charge in [-0.05, 0) is 43.4 Å². The second kappa shape index (κ2) is 1.88. The molecule has 0 heterocycles. The zero-order valence-electron chi connectivity index (χ0n) is 6.75. The summed E-state index contributed by atoms with van der Waals surface area (Å²) in [7, 11) is 0. The first-order valence-electron chi connectivity index (χ1n) is 4.85. The molecule has 3 saturated carbocycles. The minimum Gasteiger partial charge on any atom is -0.299 e. The molecular weight excluding hydrogens is 136 g/mol. The highest BCUT2D eigenvalue weighted by Gasteiger charge is 2.48. The zero-order chi connectivity index (χ0) is 7.42. The molecule has 3 rings (SSSR count). The summed E-state index contributed by atoms with van der Waals surface area (Å²) in [6.45, 7) is 0. The van der Waals surface area contributed by atoms with E-state index in [1.165, 1.54) is 25.7 Å². The van der Waals surface area contributed by atoms with Crippen molar-refractivity contribution in [2.24, 2.45) is 23.7 Å². The highest BCUT2D eigenvalue weighted by molar-refractivity contribution is 5.83. The highest BCUT2D eigenvalue weighted by Crippen LogP contribution is 2.53. The smallest absolute Gasteiger partial charge is 0.136 e. The molecule has 4 atom stereocenters. The van der Waals surface area contributed by atoms with Gasteiger partial charge in [-0.25, -0.2) is 0 Å². The van der Waals surface area contributed by atoms with Crippen LogP contribution in [-0.4, -0.2) is 5.78 Å². The first-order chi connectivity index (χ1) is 5.33. The monoisotopic (exact) mass is 150 g/mol. The maximum Gasteiger partial charge on any atom is 0.136 e. The summed E-state index contributed by atoms with van der Waals surface area (Å²) in [5.74, 6) is 3.67. The molecule has 0 saturated heterocycles. The van der Waals surface area contributed by atoms with Gasteiger partial charge in [0.1, 0.15) is 5.78 Å². The molecule has 3 aliphatic carbocycles. The van der Waals surface area contributed by atoms with Crippen LogP contribution in [0.25, 0.3) is 0 Å². The largest absolute Gasteiger partial charge is 0.299 e. The third-order valence-corrected chi connectivity index (χ3v) is 4.00. The third-order valence-electron chi connectivity index (χ3n) is 4.00. The van der Waals surface area contributed by atoms with Crippen LogP contribution in [0.5, 0.6) is 0 Å². The van der Waals surface area contributed by atoms with E-state index in [0.29, 0.717) is 11.7 Å². The lowest BCUT2D eigenvalue weighted by Crippen LogP contribution is -2.30. The number of hydrogen-bond acceptors (Lipinski definition) is 1. The Morgan fingerprint density at radius 1 is 1.00 bits per heavy atom. The number of Topliss-reactive ketones (excluding diaryl/α,β-unsaturated/α-hetero) is 1. The molecule has 3 fully saturated rings. The number of hydrogen-bond donors (Lipinski definition) is 0. The van der Waals surface area contributed by atoms with Crippen LogP contribution in [0.2, 0.25) is 0 Å². The van der Waals surface area contributed by atoms with E-state index in [1.54, 1.807) is 0 Å². The van der Waals surface area contributed by atoms with Crippen molar-refractivity contribution in [3.63, 3.8) is 0 Å². The van der Waals surface area contributed by atoms with E-state index in [-0.39, 0.29) is 0 Å². The standard InChI is InChI=1S/C10H14O/c11-10-5-7-1-6-2-8(3-7)9(10)4-6/h6-9H,1-5H2/t6-,7-,8-,9+/m0/s1. The van der Waals surface area contributed by atoms with Gasteiger partial charge in [0, 0.05) is 12.3 Å². The van der Waals surface area contributed by atoms with Crippen LogP contribution in [0.1, 0.15) is 32.1 Å². The summed E-state index contributed by atoms with van der Waals surface area (Å²) >= 11 is 0. The van der Waals surface area contributed by atoms with Crippen LogP contribution in [0.15, 0.2) is 0 Å². The van der Waals surface area contributed by atoms with Crippen LogP contribution in [0, 0.1) is 23.7 Å². The van der Waals surface area contributed by atoms with Crippen LogP contribution in [0.4, 0.5) is 0 Å². The van der Waals surface area contributed by atoms with Crippen molar-refractivity contribution >= 4 is 5.78 Å². The lowest BCUT2D eigenvalue weighted by molar-refractivity contribution is -0.127. The van der Waals surface area contributed by atoms with Crippen molar-refractivity contribution in [2.75, 3.05) is 0 Å². The van der Waals surface area contributed by atoms with Gasteiger partial charge in [0.25, 0.3) is 0 Å². The van der Waals surface area contributed by atoms with Crippen molar-refractivity contribution in [3.05, 3.63) is 0 Å². The van der Waals surface area contributed by atoms with Crippen molar-refractivity contribution < 1.29 is 4.79 Å². The number of rotatable bonds is 0. The Balaban J connectivity index is 2.00. The van der Waals surface area contributed by atoms with Crippen molar-refractivity contribution in [1.29, 1.82) is 0 Å². The van der Waals surface area contributed by atoms with E-state index in [0.717, 1.165) is 24.2 Å². The lowest BCUT2D eigenvalue weighted by Gasteiger charge is -2.32. The van der Waals surface area contributed by atoms with Crippen molar-refractivity contribution in [1.82, 2.24) is 0 Å². The molecular formula is C10H14O. The Kier molecular flexibility index (Phi) is 1.06. The molecule has 60 valence electrons. The number of ketones is 1. The van der Waals surface area contributed by atoms with Gasteiger partial charge in [-0.1, -0.05) is 0 Å². The highest BCUT2D eigenvalue weighted by atomic mass is 16.1. The normalized spacial score (nSPS) is 53.6. The van der Waals surface area contributed by atoms with Gasteiger partial charge >= 0.3 is 0 Å². The zero-order valence-corrected chi connectivity index (χ0v) is 6.75. The quantitative estimate of drug-likeness (QED) is 0.516. The Bertz CT molecular complexity index is 207. The Morgan fingerprint density at radius 2 is 1.82 bits per heavy atom. The van der Waals surface area contributed by atoms with Crippen molar-refractivity contribution in [2.45, 2.75) is 32.1 Å². The molecule has 0 aliphatic heterocycles. The predicted molar refractivity (Wildman–Crippen MR) is 42.1 cm³/mol. The van der Waals surface area contributed by atoms with Gasteiger partial charge in [-0.3, -0.25) is 4.79 Å². The fourth-order valence-corrected chi connectivity index (χ4v) is 3.69. The second-order valence-electron chi connectivity index (χ2n) is 4.71. The topological polar surface area (TPSA) is 17.1 Å². The molecule has 1 nitrogen and oxygen atoms in total. The molecule has 3 bridgehead atoms. The van der Waals surface area contributed by atoms with Crippen LogP contribution in [-0.2, 0) is 4.79 Å². The molecule has 0 radical (unpaired) electrons. The van der Waals surface area contributed by atoms with Gasteiger partial charge in [0.15, 0.2) is 0 Å². The van der Waals surface area contributed by atoms with Gasteiger partial charge in [0.2, 0.25) is 0 Å². The molecule has 0 aromatic carbocycles. The van der Waals surface area contributed by atoms with E-state index in [2.05, 4.69) is 0 Å². The second-order valence-corrected chi connectivity index (χ2v) is 4.71. The molecule has 3 aliphatic rings. The summed E-state index contributed by atoms with van der Waals surface area (Å²) in [5, 5.41) is 0. The van der Waals surface area contributed by atoms with E-state index in [4.69, 9.17) is 0 Å². The Labute approximate surface area is 67.2 Å². The van der Waals surface area contributed by atoms with Gasteiger partial charge in [-0.2, -0.15) is 0 Å². The molecule has 0 amide bonds. The molecule has 0 unspecified atom stereocenters. The average molecular weight is 150 g/mol. The molecule has 0 aromatic rings. The van der Waals surface area contributed by atoms with E-state index in [9.17, 15) is 4.79 Å². The maximum atomic E-state index is 11.5. The van der Waals surface area contributed by atoms with Gasteiger partial charge in [-0.15, -0.1) is 0 Å². The molecule has 11 heavy (non-hydrogen) atoms. The van der Waals surface area contributed by atoms with Crippen molar-refractivity contribution in [3.8, 4) is 0 Å². The fraction of sp³-hybridized carbons (Fsp3) is 0.900. The number of carbonyl (C=O) groups excluding carboxylic acids is 1. The molecule has 0 aromatic heterocycles. The minimum atomic E-state index is 0.513. The summed E-state index contributed by atoms with van der Waals surface area (Å²) < 4.78 is 0. The SMILES string of the molecule is O=C1C[C@H]2C[C@H]3C[C@@H](C2)[C@H]1C3. The van der Waals surface area contributed by atoms with Gasteiger partial charge in [0.05, 0.1) is 0 Å². The molecule has 0 spiro atoms. The molecule has 0 N–H and O–H groups in total. The number of carbonyl (C=O) groups is 1.